The largest absolute Gasteiger partial charge is 0.491 e. The highest BCUT2D eigenvalue weighted by Gasteiger charge is 1.96. The standard InChI is InChI=1S/C12H17NO/c1-10(2)6-5-9-14-12-8-4-3-7-11(12)13/h3-4,6-8H,5,9,13H2,1-2H3. The van der Waals surface area contributed by atoms with E-state index in [-0.39, 0.29) is 0 Å². The summed E-state index contributed by atoms with van der Waals surface area (Å²) >= 11 is 0. The molecular weight excluding hydrogens is 174 g/mol. The molecule has 0 heterocycles. The van der Waals surface area contributed by atoms with E-state index in [0.29, 0.717) is 12.3 Å². The average Bonchev–Trinajstić information content (AvgIpc) is 2.15. The van der Waals surface area contributed by atoms with Gasteiger partial charge in [-0.2, -0.15) is 0 Å². The van der Waals surface area contributed by atoms with E-state index < -0.39 is 0 Å². The summed E-state index contributed by atoms with van der Waals surface area (Å²) in [6.07, 6.45) is 3.08. The van der Waals surface area contributed by atoms with Crippen molar-refractivity contribution in [3.8, 4) is 5.75 Å². The Morgan fingerprint density at radius 2 is 2.07 bits per heavy atom. The van der Waals surface area contributed by atoms with Gasteiger partial charge >= 0.3 is 0 Å². The van der Waals surface area contributed by atoms with Crippen molar-refractivity contribution in [3.05, 3.63) is 35.9 Å². The molecule has 0 saturated carbocycles. The fourth-order valence-electron chi connectivity index (χ4n) is 1.13. The van der Waals surface area contributed by atoms with Crippen LogP contribution >= 0.6 is 0 Å². The number of nitrogen functional groups attached to an aromatic ring is 1. The van der Waals surface area contributed by atoms with E-state index in [9.17, 15) is 0 Å². The predicted molar refractivity (Wildman–Crippen MR) is 60.4 cm³/mol. The Kier molecular flexibility index (Phi) is 4.05. The summed E-state index contributed by atoms with van der Waals surface area (Å²) in [6.45, 7) is 4.84. The quantitative estimate of drug-likeness (QED) is 0.451. The Morgan fingerprint density at radius 3 is 2.71 bits per heavy atom. The van der Waals surface area contributed by atoms with Gasteiger partial charge in [0.05, 0.1) is 12.3 Å². The van der Waals surface area contributed by atoms with Gasteiger partial charge in [0.1, 0.15) is 5.75 Å². The lowest BCUT2D eigenvalue weighted by atomic mass is 10.3. The zero-order valence-corrected chi connectivity index (χ0v) is 8.79. The summed E-state index contributed by atoms with van der Waals surface area (Å²) in [4.78, 5) is 0. The minimum Gasteiger partial charge on any atom is -0.491 e. The average molecular weight is 191 g/mol. The van der Waals surface area contributed by atoms with Gasteiger partial charge in [-0.3, -0.25) is 0 Å². The van der Waals surface area contributed by atoms with Crippen LogP contribution in [0.4, 0.5) is 5.69 Å². The number of anilines is 1. The molecule has 0 spiro atoms. The molecular formula is C12H17NO. The Hall–Kier alpha value is -1.44. The highest BCUT2D eigenvalue weighted by molar-refractivity contribution is 5.51. The van der Waals surface area contributed by atoms with Crippen molar-refractivity contribution in [2.45, 2.75) is 20.3 Å². The van der Waals surface area contributed by atoms with Crippen LogP contribution in [0.3, 0.4) is 0 Å². The van der Waals surface area contributed by atoms with Crippen molar-refractivity contribution in [1.29, 1.82) is 0 Å². The lowest BCUT2D eigenvalue weighted by Crippen LogP contribution is -1.98. The molecule has 0 aliphatic heterocycles. The molecule has 14 heavy (non-hydrogen) atoms. The Balaban J connectivity index is 2.39. The van der Waals surface area contributed by atoms with Crippen LogP contribution in [0.2, 0.25) is 0 Å². The molecule has 0 atom stereocenters. The second kappa shape index (κ2) is 5.32. The topological polar surface area (TPSA) is 35.2 Å². The smallest absolute Gasteiger partial charge is 0.142 e. The fraction of sp³-hybridized carbons (Fsp3) is 0.333. The van der Waals surface area contributed by atoms with Crippen LogP contribution in [-0.2, 0) is 0 Å². The van der Waals surface area contributed by atoms with Gasteiger partial charge in [0.15, 0.2) is 0 Å². The normalized spacial score (nSPS) is 9.57. The van der Waals surface area contributed by atoms with Crippen molar-refractivity contribution in [2.24, 2.45) is 0 Å². The van der Waals surface area contributed by atoms with Crippen LogP contribution in [0, 0.1) is 0 Å². The third-order valence-electron chi connectivity index (χ3n) is 1.85. The lowest BCUT2D eigenvalue weighted by Gasteiger charge is -2.06. The monoisotopic (exact) mass is 191 g/mol. The molecule has 0 radical (unpaired) electrons. The van der Waals surface area contributed by atoms with Crippen LogP contribution < -0.4 is 10.5 Å². The SMILES string of the molecule is CC(C)=CCCOc1ccccc1N. The van der Waals surface area contributed by atoms with E-state index in [4.69, 9.17) is 10.5 Å². The Morgan fingerprint density at radius 1 is 1.36 bits per heavy atom. The molecule has 1 aromatic carbocycles. The maximum atomic E-state index is 5.72. The van der Waals surface area contributed by atoms with Crippen molar-refractivity contribution >= 4 is 5.69 Å². The highest BCUT2D eigenvalue weighted by Crippen LogP contribution is 2.19. The van der Waals surface area contributed by atoms with Gasteiger partial charge in [0.25, 0.3) is 0 Å². The number of hydrogen-bond acceptors (Lipinski definition) is 2. The minimum atomic E-state index is 0.680. The van der Waals surface area contributed by atoms with Gasteiger partial charge in [0, 0.05) is 0 Å². The molecule has 2 N–H and O–H groups in total. The lowest BCUT2D eigenvalue weighted by molar-refractivity contribution is 0.326. The first-order chi connectivity index (χ1) is 6.70. The molecule has 0 unspecified atom stereocenters. The maximum absolute atomic E-state index is 5.72. The Labute approximate surface area is 85.4 Å². The van der Waals surface area contributed by atoms with E-state index in [1.54, 1.807) is 0 Å². The van der Waals surface area contributed by atoms with Crippen LogP contribution in [-0.4, -0.2) is 6.61 Å². The number of ether oxygens (including phenoxy) is 1. The second-order valence-electron chi connectivity index (χ2n) is 3.46. The summed E-state index contributed by atoms with van der Waals surface area (Å²) in [5.41, 5.74) is 7.74. The first kappa shape index (κ1) is 10.6. The number of para-hydroxylation sites is 2. The third kappa shape index (κ3) is 3.52. The summed E-state index contributed by atoms with van der Waals surface area (Å²) in [5.74, 6) is 0.773. The highest BCUT2D eigenvalue weighted by atomic mass is 16.5. The van der Waals surface area contributed by atoms with Crippen molar-refractivity contribution in [3.63, 3.8) is 0 Å². The number of nitrogens with two attached hydrogens (primary N) is 1. The molecule has 0 saturated heterocycles. The van der Waals surface area contributed by atoms with Crippen LogP contribution in [0.15, 0.2) is 35.9 Å². The molecule has 76 valence electrons. The molecule has 0 bridgehead atoms. The second-order valence-corrected chi connectivity index (χ2v) is 3.46. The van der Waals surface area contributed by atoms with E-state index in [2.05, 4.69) is 19.9 Å². The van der Waals surface area contributed by atoms with Gasteiger partial charge in [-0.1, -0.05) is 23.8 Å². The molecule has 2 heteroatoms. The number of rotatable bonds is 4. The van der Waals surface area contributed by atoms with E-state index in [1.807, 2.05) is 24.3 Å². The minimum absolute atomic E-state index is 0.680. The van der Waals surface area contributed by atoms with Crippen molar-refractivity contribution in [1.82, 2.24) is 0 Å². The van der Waals surface area contributed by atoms with Crippen molar-refractivity contribution in [2.75, 3.05) is 12.3 Å². The van der Waals surface area contributed by atoms with Gasteiger partial charge < -0.3 is 10.5 Å². The summed E-state index contributed by atoms with van der Waals surface area (Å²) in [7, 11) is 0. The Bertz CT molecular complexity index is 314. The first-order valence-corrected chi connectivity index (χ1v) is 4.81. The van der Waals surface area contributed by atoms with E-state index >= 15 is 0 Å². The predicted octanol–water partition coefficient (Wildman–Crippen LogP) is 3.00. The molecule has 1 rings (SSSR count). The van der Waals surface area contributed by atoms with Crippen LogP contribution in [0.5, 0.6) is 5.75 Å². The maximum Gasteiger partial charge on any atom is 0.142 e. The molecule has 0 aromatic heterocycles. The van der Waals surface area contributed by atoms with Gasteiger partial charge in [-0.25, -0.2) is 0 Å². The van der Waals surface area contributed by atoms with Gasteiger partial charge in [0.2, 0.25) is 0 Å². The first-order valence-electron chi connectivity index (χ1n) is 4.81. The number of allylic oxidation sites excluding steroid dienone is 1. The van der Waals surface area contributed by atoms with Crippen molar-refractivity contribution < 1.29 is 4.74 Å². The summed E-state index contributed by atoms with van der Waals surface area (Å²) in [6, 6.07) is 7.55. The van der Waals surface area contributed by atoms with Crippen LogP contribution in [0.25, 0.3) is 0 Å². The van der Waals surface area contributed by atoms with E-state index in [1.165, 1.54) is 5.57 Å². The fourth-order valence-corrected chi connectivity index (χ4v) is 1.13. The zero-order valence-electron chi connectivity index (χ0n) is 8.79. The molecule has 0 fully saturated rings. The van der Waals surface area contributed by atoms with Gasteiger partial charge in [-0.05, 0) is 32.4 Å². The third-order valence-corrected chi connectivity index (χ3v) is 1.85. The van der Waals surface area contributed by atoms with Gasteiger partial charge in [-0.15, -0.1) is 0 Å². The summed E-state index contributed by atoms with van der Waals surface area (Å²) < 4.78 is 5.52. The molecule has 0 aliphatic carbocycles. The molecule has 2 nitrogen and oxygen atoms in total. The molecule has 0 aliphatic rings. The van der Waals surface area contributed by atoms with E-state index in [0.717, 1.165) is 12.2 Å². The molecule has 0 amide bonds. The number of hydrogen-bond donors (Lipinski definition) is 1. The number of benzene rings is 1. The zero-order chi connectivity index (χ0) is 10.4. The van der Waals surface area contributed by atoms with Crippen LogP contribution in [0.1, 0.15) is 20.3 Å². The molecule has 1 aromatic rings. The summed E-state index contributed by atoms with van der Waals surface area (Å²) in [5, 5.41) is 0.